The highest BCUT2D eigenvalue weighted by Gasteiger charge is 2.19. The lowest BCUT2D eigenvalue weighted by Crippen LogP contribution is -2.31. The van der Waals surface area contributed by atoms with E-state index in [1.165, 1.54) is 23.1 Å². The Morgan fingerprint density at radius 2 is 2.18 bits per heavy atom. The van der Waals surface area contributed by atoms with Crippen LogP contribution in [0, 0.1) is 5.92 Å². The summed E-state index contributed by atoms with van der Waals surface area (Å²) in [7, 11) is 1.96. The fraction of sp³-hybridized carbons (Fsp3) is 0.412. The van der Waals surface area contributed by atoms with Gasteiger partial charge in [0, 0.05) is 19.3 Å². The van der Waals surface area contributed by atoms with Crippen LogP contribution in [0.5, 0.6) is 0 Å². The van der Waals surface area contributed by atoms with Crippen molar-refractivity contribution in [2.45, 2.75) is 25.8 Å². The predicted octanol–water partition coefficient (Wildman–Crippen LogP) is 3.76. The molecule has 5 heteroatoms. The first-order chi connectivity index (χ1) is 10.7. The minimum atomic E-state index is 0.474. The summed E-state index contributed by atoms with van der Waals surface area (Å²) in [6, 6.07) is 9.20. The van der Waals surface area contributed by atoms with Crippen LogP contribution in [-0.2, 0) is 7.05 Å². The fourth-order valence-electron chi connectivity index (χ4n) is 3.14. The SMILES string of the molecule is C[C@H]1CC[C@H](c2ccc3sc(-c4ccnn4C)nc3c2)NC1. The number of nitrogens with one attached hydrogen (secondary N) is 1. The molecule has 22 heavy (non-hydrogen) atoms. The summed E-state index contributed by atoms with van der Waals surface area (Å²) in [6.07, 6.45) is 4.33. The quantitative estimate of drug-likeness (QED) is 0.783. The van der Waals surface area contributed by atoms with E-state index in [9.17, 15) is 0 Å². The first-order valence-corrected chi connectivity index (χ1v) is 8.64. The van der Waals surface area contributed by atoms with Crippen LogP contribution >= 0.6 is 11.3 Å². The van der Waals surface area contributed by atoms with E-state index in [1.54, 1.807) is 11.3 Å². The summed E-state index contributed by atoms with van der Waals surface area (Å²) < 4.78 is 3.12. The van der Waals surface area contributed by atoms with Gasteiger partial charge < -0.3 is 5.32 Å². The maximum absolute atomic E-state index is 4.82. The van der Waals surface area contributed by atoms with E-state index < -0.39 is 0 Å². The van der Waals surface area contributed by atoms with Gasteiger partial charge in [0.2, 0.25) is 0 Å². The third-order valence-corrected chi connectivity index (χ3v) is 5.57. The predicted molar refractivity (Wildman–Crippen MR) is 91.0 cm³/mol. The molecule has 114 valence electrons. The summed E-state index contributed by atoms with van der Waals surface area (Å²) in [4.78, 5) is 4.82. The number of thiazole rings is 1. The van der Waals surface area contributed by atoms with E-state index in [0.717, 1.165) is 28.7 Å². The minimum absolute atomic E-state index is 0.474. The van der Waals surface area contributed by atoms with Gasteiger partial charge in [0.1, 0.15) is 5.01 Å². The van der Waals surface area contributed by atoms with Gasteiger partial charge in [-0.1, -0.05) is 13.0 Å². The zero-order valence-electron chi connectivity index (χ0n) is 12.9. The molecule has 0 amide bonds. The molecule has 1 aromatic carbocycles. The van der Waals surface area contributed by atoms with Gasteiger partial charge in [-0.3, -0.25) is 4.68 Å². The molecule has 3 heterocycles. The van der Waals surface area contributed by atoms with E-state index in [1.807, 2.05) is 24.0 Å². The Hall–Kier alpha value is -1.72. The molecule has 4 nitrogen and oxygen atoms in total. The van der Waals surface area contributed by atoms with Crippen LogP contribution in [-0.4, -0.2) is 21.3 Å². The van der Waals surface area contributed by atoms with Crippen LogP contribution in [0.2, 0.25) is 0 Å². The summed E-state index contributed by atoms with van der Waals surface area (Å²) in [6.45, 7) is 3.42. The first-order valence-electron chi connectivity index (χ1n) is 7.83. The Morgan fingerprint density at radius 3 is 2.91 bits per heavy atom. The van der Waals surface area contributed by atoms with E-state index in [0.29, 0.717) is 6.04 Å². The molecule has 4 rings (SSSR count). The number of aryl methyl sites for hydroxylation is 1. The molecule has 0 saturated carbocycles. The summed E-state index contributed by atoms with van der Waals surface area (Å²) in [5, 5.41) is 8.93. The highest BCUT2D eigenvalue weighted by molar-refractivity contribution is 7.21. The number of benzene rings is 1. The molecule has 3 aromatic rings. The maximum atomic E-state index is 4.82. The lowest BCUT2D eigenvalue weighted by Gasteiger charge is -2.28. The van der Waals surface area contributed by atoms with Crippen LogP contribution in [0.3, 0.4) is 0 Å². The largest absolute Gasteiger partial charge is 0.310 e. The molecule has 0 aliphatic carbocycles. The van der Waals surface area contributed by atoms with Crippen molar-refractivity contribution in [3.8, 4) is 10.7 Å². The van der Waals surface area contributed by atoms with E-state index in [2.05, 4.69) is 35.5 Å². The van der Waals surface area contributed by atoms with Crippen LogP contribution in [0.1, 0.15) is 31.4 Å². The summed E-state index contributed by atoms with van der Waals surface area (Å²) in [5.74, 6) is 0.788. The Bertz CT molecular complexity index is 796. The van der Waals surface area contributed by atoms with Gasteiger partial charge in [0.15, 0.2) is 0 Å². The van der Waals surface area contributed by atoms with Crippen molar-refractivity contribution in [1.29, 1.82) is 0 Å². The van der Waals surface area contributed by atoms with Crippen molar-refractivity contribution < 1.29 is 0 Å². The van der Waals surface area contributed by atoms with Crippen molar-refractivity contribution in [1.82, 2.24) is 20.1 Å². The van der Waals surface area contributed by atoms with Crippen molar-refractivity contribution in [3.05, 3.63) is 36.0 Å². The van der Waals surface area contributed by atoms with Crippen molar-refractivity contribution >= 4 is 21.6 Å². The molecule has 0 bridgehead atoms. The van der Waals surface area contributed by atoms with Gasteiger partial charge in [-0.15, -0.1) is 11.3 Å². The molecule has 1 aliphatic rings. The summed E-state index contributed by atoms with van der Waals surface area (Å²) in [5.41, 5.74) is 3.53. The maximum Gasteiger partial charge on any atom is 0.142 e. The van der Waals surface area contributed by atoms with Gasteiger partial charge in [0.05, 0.1) is 15.9 Å². The van der Waals surface area contributed by atoms with Crippen LogP contribution < -0.4 is 5.32 Å². The highest BCUT2D eigenvalue weighted by atomic mass is 32.1. The van der Waals surface area contributed by atoms with Crippen molar-refractivity contribution in [2.75, 3.05) is 6.54 Å². The van der Waals surface area contributed by atoms with Crippen molar-refractivity contribution in [2.24, 2.45) is 13.0 Å². The average Bonchev–Trinajstić information content (AvgIpc) is 3.12. The summed E-state index contributed by atoms with van der Waals surface area (Å²) >= 11 is 1.73. The second kappa shape index (κ2) is 5.48. The number of fused-ring (bicyclic) bond motifs is 1. The molecule has 1 aliphatic heterocycles. The van der Waals surface area contributed by atoms with Gasteiger partial charge in [-0.2, -0.15) is 5.10 Å². The number of rotatable bonds is 2. The second-order valence-electron chi connectivity index (χ2n) is 6.23. The molecule has 0 unspecified atom stereocenters. The second-order valence-corrected chi connectivity index (χ2v) is 7.26. The van der Waals surface area contributed by atoms with Crippen LogP contribution in [0.25, 0.3) is 20.9 Å². The molecule has 2 aromatic heterocycles. The van der Waals surface area contributed by atoms with E-state index in [-0.39, 0.29) is 0 Å². The van der Waals surface area contributed by atoms with Crippen molar-refractivity contribution in [3.63, 3.8) is 0 Å². The fourth-order valence-corrected chi connectivity index (χ4v) is 4.14. The van der Waals surface area contributed by atoms with Gasteiger partial charge >= 0.3 is 0 Å². The van der Waals surface area contributed by atoms with Gasteiger partial charge in [0.25, 0.3) is 0 Å². The Balaban J connectivity index is 1.68. The lowest BCUT2D eigenvalue weighted by atomic mass is 9.92. The molecule has 0 spiro atoms. The third kappa shape index (κ3) is 2.44. The Kier molecular flexibility index (Phi) is 3.47. The Labute approximate surface area is 134 Å². The van der Waals surface area contributed by atoms with Crippen LogP contribution in [0.15, 0.2) is 30.5 Å². The molecule has 1 fully saturated rings. The lowest BCUT2D eigenvalue weighted by molar-refractivity contribution is 0.333. The normalized spacial score (nSPS) is 22.3. The minimum Gasteiger partial charge on any atom is -0.310 e. The number of piperidine rings is 1. The average molecular weight is 312 g/mol. The standard InChI is InChI=1S/C17H20N4S/c1-11-3-5-13(18-10-11)12-4-6-16-14(9-12)20-17(22-16)15-7-8-19-21(15)2/h4,6-9,11,13,18H,3,5,10H2,1-2H3/t11-,13+/m0/s1. The molecule has 1 N–H and O–H groups in total. The van der Waals surface area contributed by atoms with Gasteiger partial charge in [-0.25, -0.2) is 4.98 Å². The van der Waals surface area contributed by atoms with E-state index >= 15 is 0 Å². The Morgan fingerprint density at radius 1 is 1.27 bits per heavy atom. The van der Waals surface area contributed by atoms with Gasteiger partial charge in [-0.05, 0) is 49.1 Å². The topological polar surface area (TPSA) is 42.7 Å². The zero-order valence-corrected chi connectivity index (χ0v) is 13.7. The molecule has 2 atom stereocenters. The zero-order chi connectivity index (χ0) is 15.1. The van der Waals surface area contributed by atoms with E-state index in [4.69, 9.17) is 4.98 Å². The molecular weight excluding hydrogens is 292 g/mol. The number of hydrogen-bond acceptors (Lipinski definition) is 4. The highest BCUT2D eigenvalue weighted by Crippen LogP contribution is 2.33. The smallest absolute Gasteiger partial charge is 0.142 e. The number of aromatic nitrogens is 3. The molecule has 1 saturated heterocycles. The number of nitrogens with zero attached hydrogens (tertiary/aromatic N) is 3. The molecular formula is C17H20N4S. The third-order valence-electron chi connectivity index (χ3n) is 4.51. The number of hydrogen-bond donors (Lipinski definition) is 1. The van der Waals surface area contributed by atoms with Crippen LogP contribution in [0.4, 0.5) is 0 Å². The molecule has 0 radical (unpaired) electrons. The first kappa shape index (κ1) is 13.9. The monoisotopic (exact) mass is 312 g/mol.